The van der Waals surface area contributed by atoms with Crippen LogP contribution in [-0.4, -0.2) is 50.8 Å². The van der Waals surface area contributed by atoms with Crippen molar-refractivity contribution in [3.05, 3.63) is 0 Å². The second-order valence-electron chi connectivity index (χ2n) is 4.69. The zero-order chi connectivity index (χ0) is 11.6. The summed E-state index contributed by atoms with van der Waals surface area (Å²) < 4.78 is 5.29. The lowest BCUT2D eigenvalue weighted by atomic mass is 10.3. The maximum Gasteiger partial charge on any atom is 0.0590 e. The van der Waals surface area contributed by atoms with Gasteiger partial charge < -0.3 is 15.0 Å². The van der Waals surface area contributed by atoms with E-state index in [0.717, 1.165) is 32.2 Å². The Balaban J connectivity index is 1.93. The highest BCUT2D eigenvalue weighted by Crippen LogP contribution is 2.29. The minimum atomic E-state index is 0.825. The lowest BCUT2D eigenvalue weighted by molar-refractivity contribution is 0.148. The van der Waals surface area contributed by atoms with Gasteiger partial charge in [0.2, 0.25) is 0 Å². The normalized spacial score (nSPS) is 15.9. The van der Waals surface area contributed by atoms with Crippen LogP contribution in [0.2, 0.25) is 0 Å². The van der Waals surface area contributed by atoms with Gasteiger partial charge in [-0.1, -0.05) is 6.92 Å². The topological polar surface area (TPSA) is 24.5 Å². The van der Waals surface area contributed by atoms with Crippen molar-refractivity contribution in [2.24, 2.45) is 5.92 Å². The molecule has 3 heteroatoms. The van der Waals surface area contributed by atoms with E-state index in [1.165, 1.54) is 38.9 Å². The number of hydrogen-bond donors (Lipinski definition) is 1. The lowest BCUT2D eigenvalue weighted by Crippen LogP contribution is -2.35. The summed E-state index contributed by atoms with van der Waals surface area (Å²) in [6, 6.07) is 0. The van der Waals surface area contributed by atoms with Crippen LogP contribution in [0.5, 0.6) is 0 Å². The van der Waals surface area contributed by atoms with Gasteiger partial charge in [-0.15, -0.1) is 0 Å². The molecule has 1 rings (SSSR count). The minimum absolute atomic E-state index is 0.825. The monoisotopic (exact) mass is 228 g/mol. The Morgan fingerprint density at radius 3 is 2.62 bits per heavy atom. The second-order valence-corrected chi connectivity index (χ2v) is 4.69. The predicted octanol–water partition coefficient (Wildman–Crippen LogP) is 1.73. The van der Waals surface area contributed by atoms with Crippen molar-refractivity contribution in [2.45, 2.75) is 33.1 Å². The van der Waals surface area contributed by atoms with Gasteiger partial charge in [0.25, 0.3) is 0 Å². The van der Waals surface area contributed by atoms with Gasteiger partial charge in [0.1, 0.15) is 0 Å². The fraction of sp³-hybridized carbons (Fsp3) is 1.00. The van der Waals surface area contributed by atoms with Gasteiger partial charge in [0.05, 0.1) is 6.61 Å². The van der Waals surface area contributed by atoms with Crippen LogP contribution >= 0.6 is 0 Å². The van der Waals surface area contributed by atoms with E-state index in [-0.39, 0.29) is 0 Å². The smallest absolute Gasteiger partial charge is 0.0590 e. The fourth-order valence-corrected chi connectivity index (χ4v) is 1.93. The minimum Gasteiger partial charge on any atom is -0.380 e. The summed E-state index contributed by atoms with van der Waals surface area (Å²) in [4.78, 5) is 2.60. The van der Waals surface area contributed by atoms with Gasteiger partial charge in [-0.25, -0.2) is 0 Å². The standard InChI is InChI=1S/C13H28N2O/c1-3-9-15(12-13-5-6-13)10-7-14-8-11-16-4-2/h13-14H,3-12H2,1-2H3. The summed E-state index contributed by atoms with van der Waals surface area (Å²) in [6.07, 6.45) is 4.18. The summed E-state index contributed by atoms with van der Waals surface area (Å²) in [5.41, 5.74) is 0. The van der Waals surface area contributed by atoms with Crippen molar-refractivity contribution in [3.8, 4) is 0 Å². The molecule has 0 saturated heterocycles. The third-order valence-corrected chi connectivity index (χ3v) is 2.99. The first-order valence-electron chi connectivity index (χ1n) is 6.87. The van der Waals surface area contributed by atoms with Crippen LogP contribution in [0.1, 0.15) is 33.1 Å². The van der Waals surface area contributed by atoms with Crippen molar-refractivity contribution < 1.29 is 4.74 Å². The molecule has 0 aromatic rings. The molecule has 0 unspecified atom stereocenters. The zero-order valence-corrected chi connectivity index (χ0v) is 11.0. The Labute approximate surface area is 101 Å². The van der Waals surface area contributed by atoms with E-state index in [9.17, 15) is 0 Å². The van der Waals surface area contributed by atoms with E-state index in [1.807, 2.05) is 6.92 Å². The number of hydrogen-bond acceptors (Lipinski definition) is 3. The Hall–Kier alpha value is -0.120. The van der Waals surface area contributed by atoms with E-state index in [1.54, 1.807) is 0 Å². The summed E-state index contributed by atoms with van der Waals surface area (Å²) >= 11 is 0. The molecule has 0 atom stereocenters. The number of rotatable bonds is 11. The molecular weight excluding hydrogens is 200 g/mol. The molecule has 0 aliphatic heterocycles. The van der Waals surface area contributed by atoms with Gasteiger partial charge in [-0.3, -0.25) is 0 Å². The van der Waals surface area contributed by atoms with Crippen molar-refractivity contribution in [2.75, 3.05) is 45.9 Å². The summed E-state index contributed by atoms with van der Waals surface area (Å²) in [5.74, 6) is 1.01. The Bertz CT molecular complexity index is 160. The molecule has 96 valence electrons. The first-order valence-corrected chi connectivity index (χ1v) is 6.87. The maximum absolute atomic E-state index is 5.29. The Morgan fingerprint density at radius 1 is 1.19 bits per heavy atom. The number of ether oxygens (including phenoxy) is 1. The average Bonchev–Trinajstić information content (AvgIpc) is 3.07. The van der Waals surface area contributed by atoms with Crippen LogP contribution in [0.3, 0.4) is 0 Å². The highest BCUT2D eigenvalue weighted by molar-refractivity contribution is 4.77. The first-order chi connectivity index (χ1) is 7.86. The molecule has 3 nitrogen and oxygen atoms in total. The molecule has 16 heavy (non-hydrogen) atoms. The highest BCUT2D eigenvalue weighted by atomic mass is 16.5. The summed E-state index contributed by atoms with van der Waals surface area (Å²) in [7, 11) is 0. The van der Waals surface area contributed by atoms with E-state index in [2.05, 4.69) is 17.1 Å². The summed E-state index contributed by atoms with van der Waals surface area (Å²) in [6.45, 7) is 11.8. The molecule has 0 aromatic carbocycles. The number of nitrogens with one attached hydrogen (secondary N) is 1. The highest BCUT2D eigenvalue weighted by Gasteiger charge is 2.23. The van der Waals surface area contributed by atoms with Gasteiger partial charge in [0.15, 0.2) is 0 Å². The van der Waals surface area contributed by atoms with Crippen LogP contribution in [0.15, 0.2) is 0 Å². The average molecular weight is 228 g/mol. The zero-order valence-electron chi connectivity index (χ0n) is 11.0. The van der Waals surface area contributed by atoms with Crippen molar-refractivity contribution in [3.63, 3.8) is 0 Å². The SMILES string of the molecule is CCCN(CCNCCOCC)CC1CC1. The molecule has 0 aromatic heterocycles. The van der Waals surface area contributed by atoms with Gasteiger partial charge in [-0.2, -0.15) is 0 Å². The molecule has 1 N–H and O–H groups in total. The Morgan fingerprint density at radius 2 is 2.00 bits per heavy atom. The van der Waals surface area contributed by atoms with E-state index < -0.39 is 0 Å². The van der Waals surface area contributed by atoms with Crippen LogP contribution in [0, 0.1) is 5.92 Å². The molecule has 0 heterocycles. The molecular formula is C13H28N2O. The van der Waals surface area contributed by atoms with E-state index in [0.29, 0.717) is 0 Å². The van der Waals surface area contributed by atoms with Gasteiger partial charge >= 0.3 is 0 Å². The van der Waals surface area contributed by atoms with E-state index in [4.69, 9.17) is 4.74 Å². The van der Waals surface area contributed by atoms with Gasteiger partial charge in [0, 0.05) is 32.8 Å². The van der Waals surface area contributed by atoms with Crippen LogP contribution < -0.4 is 5.32 Å². The third-order valence-electron chi connectivity index (χ3n) is 2.99. The van der Waals surface area contributed by atoms with Gasteiger partial charge in [-0.05, 0) is 38.6 Å². The van der Waals surface area contributed by atoms with Crippen molar-refractivity contribution >= 4 is 0 Å². The first kappa shape index (κ1) is 13.9. The molecule has 0 bridgehead atoms. The maximum atomic E-state index is 5.29. The van der Waals surface area contributed by atoms with Crippen molar-refractivity contribution in [1.82, 2.24) is 10.2 Å². The largest absolute Gasteiger partial charge is 0.380 e. The molecule has 0 spiro atoms. The molecule has 1 aliphatic rings. The Kier molecular flexibility index (Phi) is 7.81. The number of nitrogens with zero attached hydrogens (tertiary/aromatic N) is 1. The van der Waals surface area contributed by atoms with Crippen LogP contribution in [0.25, 0.3) is 0 Å². The third kappa shape index (κ3) is 7.20. The summed E-state index contributed by atoms with van der Waals surface area (Å²) in [5, 5.41) is 3.44. The van der Waals surface area contributed by atoms with Crippen LogP contribution in [0.4, 0.5) is 0 Å². The molecule has 0 radical (unpaired) electrons. The van der Waals surface area contributed by atoms with Crippen LogP contribution in [-0.2, 0) is 4.74 Å². The second kappa shape index (κ2) is 8.97. The van der Waals surface area contributed by atoms with Crippen molar-refractivity contribution in [1.29, 1.82) is 0 Å². The quantitative estimate of drug-likeness (QED) is 0.545. The molecule has 1 aliphatic carbocycles. The predicted molar refractivity (Wildman–Crippen MR) is 68.8 cm³/mol. The molecule has 1 saturated carbocycles. The fourth-order valence-electron chi connectivity index (χ4n) is 1.93. The molecule has 0 amide bonds. The lowest BCUT2D eigenvalue weighted by Gasteiger charge is -2.21. The molecule has 1 fully saturated rings. The van der Waals surface area contributed by atoms with E-state index >= 15 is 0 Å².